The van der Waals surface area contributed by atoms with Gasteiger partial charge in [-0.1, -0.05) is 32.3 Å². The number of unbranched alkanes of at least 4 members (excludes halogenated alkanes) is 1. The number of hydrogen-bond acceptors (Lipinski definition) is 0. The largest absolute Gasteiger partial charge is 4.00 e. The van der Waals surface area contributed by atoms with Crippen molar-refractivity contribution in [2.75, 3.05) is 0 Å². The Labute approximate surface area is 164 Å². The molecule has 0 amide bonds. The third-order valence-corrected chi connectivity index (χ3v) is 3.10. The van der Waals surface area contributed by atoms with E-state index in [4.69, 9.17) is 0 Å². The van der Waals surface area contributed by atoms with Crippen LogP contribution in [-0.2, 0) is 28.1 Å². The van der Waals surface area contributed by atoms with Gasteiger partial charge in [-0.2, -0.15) is 35.2 Å². The minimum atomic E-state index is 0. The number of aryl methyl sites for hydroxylation is 1. The topological polar surface area (TPSA) is 0 Å². The zero-order valence-corrected chi connectivity index (χ0v) is 17.0. The van der Waals surface area contributed by atoms with Crippen LogP contribution in [0, 0.1) is 0 Å². The molecule has 0 aliphatic carbocycles. The van der Waals surface area contributed by atoms with E-state index in [-0.39, 0.29) is 55.7 Å². The summed E-state index contributed by atoms with van der Waals surface area (Å²) in [5.74, 6) is 0. The van der Waals surface area contributed by atoms with Crippen molar-refractivity contribution in [1.82, 2.24) is 0 Å². The fraction of sp³-hybridized carbons (Fsp3) is 0.222. The van der Waals surface area contributed by atoms with Crippen LogP contribution in [-0.4, -0.2) is 0 Å². The quantitative estimate of drug-likeness (QED) is 0.371. The molecule has 21 heavy (non-hydrogen) atoms. The molecule has 0 fully saturated rings. The first-order chi connectivity index (χ1) is 8.90. The molecule has 3 heteroatoms. The number of rotatable bonds is 3. The SMILES string of the molecule is CCCC[c-]1cccc1.[Br-].[Br-].[Ti+4].c1ccc2[cH-]ccc2c1. The predicted octanol–water partition coefficient (Wildman–Crippen LogP) is -0.688. The Kier molecular flexibility index (Phi) is 14.9. The minimum Gasteiger partial charge on any atom is -1.00 e. The first kappa shape index (κ1) is 23.1. The monoisotopic (exact) mass is 442 g/mol. The normalized spacial score (nSPS) is 8.62. The molecule has 0 heterocycles. The molecule has 0 bridgehead atoms. The van der Waals surface area contributed by atoms with E-state index in [1.807, 2.05) is 0 Å². The van der Waals surface area contributed by atoms with Crippen molar-refractivity contribution in [3.05, 3.63) is 72.3 Å². The van der Waals surface area contributed by atoms with Gasteiger partial charge in [0.15, 0.2) is 0 Å². The summed E-state index contributed by atoms with van der Waals surface area (Å²) in [7, 11) is 0. The molecule has 3 aromatic carbocycles. The van der Waals surface area contributed by atoms with Crippen molar-refractivity contribution < 1.29 is 55.7 Å². The molecule has 0 saturated carbocycles. The van der Waals surface area contributed by atoms with Gasteiger partial charge in [0.25, 0.3) is 0 Å². The van der Waals surface area contributed by atoms with Crippen molar-refractivity contribution in [1.29, 1.82) is 0 Å². The molecule has 0 N–H and O–H groups in total. The first-order valence-corrected chi connectivity index (χ1v) is 6.71. The van der Waals surface area contributed by atoms with Crippen molar-refractivity contribution in [2.45, 2.75) is 26.2 Å². The van der Waals surface area contributed by atoms with E-state index in [0.29, 0.717) is 0 Å². The summed E-state index contributed by atoms with van der Waals surface area (Å²) >= 11 is 0. The van der Waals surface area contributed by atoms with Gasteiger partial charge < -0.3 is 34.0 Å². The number of hydrogen-bond donors (Lipinski definition) is 0. The maximum absolute atomic E-state index is 2.23. The molecule has 0 spiro atoms. The Morgan fingerprint density at radius 1 is 0.952 bits per heavy atom. The van der Waals surface area contributed by atoms with Crippen LogP contribution in [0.25, 0.3) is 10.8 Å². The smallest absolute Gasteiger partial charge is 1.00 e. The van der Waals surface area contributed by atoms with E-state index in [0.717, 1.165) is 0 Å². The van der Waals surface area contributed by atoms with Gasteiger partial charge in [0.2, 0.25) is 0 Å². The molecule has 0 unspecified atom stereocenters. The molecule has 0 aliphatic rings. The van der Waals surface area contributed by atoms with Gasteiger partial charge in [-0.05, 0) is 0 Å². The van der Waals surface area contributed by atoms with E-state index < -0.39 is 0 Å². The molecule has 0 radical (unpaired) electrons. The molecule has 0 aromatic heterocycles. The second-order valence-electron chi connectivity index (χ2n) is 4.55. The van der Waals surface area contributed by atoms with Crippen molar-refractivity contribution >= 4 is 10.8 Å². The van der Waals surface area contributed by atoms with E-state index in [1.54, 1.807) is 0 Å². The average molecular weight is 444 g/mol. The standard InChI is InChI=1S/C9H7.C9H13.2BrH.Ti/c1-2-5-9-7-3-6-8(9)4-1;1-2-3-6-9-7-4-5-8-9;;;/h1-7H;4-5,7-8H,2-3,6H2,1H3;2*1H;/q2*-1;;;+4/p-2. The minimum absolute atomic E-state index is 0. The summed E-state index contributed by atoms with van der Waals surface area (Å²) in [5, 5.41) is 2.66. The molecule has 0 atom stereocenters. The summed E-state index contributed by atoms with van der Waals surface area (Å²) in [6.45, 7) is 2.23. The number of halogens is 2. The van der Waals surface area contributed by atoms with Gasteiger partial charge in [0.1, 0.15) is 0 Å². The van der Waals surface area contributed by atoms with Gasteiger partial charge in [0, 0.05) is 0 Å². The van der Waals surface area contributed by atoms with Gasteiger partial charge >= 0.3 is 21.7 Å². The Bertz CT molecular complexity index is 525. The number of benzene rings is 1. The van der Waals surface area contributed by atoms with Crippen LogP contribution < -0.4 is 34.0 Å². The van der Waals surface area contributed by atoms with Crippen LogP contribution in [0.15, 0.2) is 66.7 Å². The molecular weight excluding hydrogens is 424 g/mol. The van der Waals surface area contributed by atoms with E-state index in [2.05, 4.69) is 73.7 Å². The Hall–Kier alpha value is -0.146. The fourth-order valence-corrected chi connectivity index (χ4v) is 2.03. The molecule has 3 aromatic rings. The maximum Gasteiger partial charge on any atom is 4.00 e. The van der Waals surface area contributed by atoms with Gasteiger partial charge in [0.05, 0.1) is 0 Å². The molecule has 3 rings (SSSR count). The van der Waals surface area contributed by atoms with Crippen molar-refractivity contribution in [3.8, 4) is 0 Å². The average Bonchev–Trinajstić information content (AvgIpc) is 3.08. The number of fused-ring (bicyclic) bond motifs is 1. The summed E-state index contributed by atoms with van der Waals surface area (Å²) in [5.41, 5.74) is 1.48. The fourth-order valence-electron chi connectivity index (χ4n) is 2.03. The van der Waals surface area contributed by atoms with Crippen LogP contribution in [0.4, 0.5) is 0 Å². The van der Waals surface area contributed by atoms with Crippen LogP contribution >= 0.6 is 0 Å². The summed E-state index contributed by atoms with van der Waals surface area (Å²) < 4.78 is 0. The molecule has 0 aliphatic heterocycles. The predicted molar refractivity (Wildman–Crippen MR) is 80.2 cm³/mol. The zero-order valence-electron chi connectivity index (χ0n) is 12.2. The van der Waals surface area contributed by atoms with Gasteiger partial charge in [-0.25, -0.2) is 12.1 Å². The maximum atomic E-state index is 2.23. The van der Waals surface area contributed by atoms with E-state index >= 15 is 0 Å². The van der Waals surface area contributed by atoms with Crippen LogP contribution in [0.2, 0.25) is 0 Å². The third kappa shape index (κ3) is 8.16. The van der Waals surface area contributed by atoms with Crippen molar-refractivity contribution in [3.63, 3.8) is 0 Å². The second-order valence-corrected chi connectivity index (χ2v) is 4.55. The first-order valence-electron chi connectivity index (χ1n) is 6.71. The molecule has 110 valence electrons. The third-order valence-electron chi connectivity index (χ3n) is 3.10. The summed E-state index contributed by atoms with van der Waals surface area (Å²) in [6, 6.07) is 23.3. The second kappa shape index (κ2) is 13.5. The Morgan fingerprint density at radius 2 is 1.62 bits per heavy atom. The van der Waals surface area contributed by atoms with E-state index in [9.17, 15) is 0 Å². The summed E-state index contributed by atoms with van der Waals surface area (Å²) in [4.78, 5) is 0. The van der Waals surface area contributed by atoms with Crippen LogP contribution in [0.3, 0.4) is 0 Å². The van der Waals surface area contributed by atoms with E-state index in [1.165, 1.54) is 35.6 Å². The zero-order chi connectivity index (χ0) is 12.6. The van der Waals surface area contributed by atoms with Crippen molar-refractivity contribution in [2.24, 2.45) is 0 Å². The van der Waals surface area contributed by atoms with Gasteiger partial charge in [-0.15, -0.1) is 29.7 Å². The van der Waals surface area contributed by atoms with Gasteiger partial charge in [-0.3, -0.25) is 0 Å². The van der Waals surface area contributed by atoms with Crippen LogP contribution in [0.1, 0.15) is 25.3 Å². The van der Waals surface area contributed by atoms with Crippen LogP contribution in [0.5, 0.6) is 0 Å². The molecular formula is C18H20Br2Ti. The molecule has 0 nitrogen and oxygen atoms in total. The Balaban J connectivity index is 0. The summed E-state index contributed by atoms with van der Waals surface area (Å²) in [6.07, 6.45) is 3.87. The Morgan fingerprint density at radius 3 is 2.24 bits per heavy atom. The molecule has 0 saturated heterocycles.